The topological polar surface area (TPSA) is 81.5 Å². The van der Waals surface area contributed by atoms with E-state index in [1.807, 2.05) is 34.6 Å². The maximum atomic E-state index is 11.5. The van der Waals surface area contributed by atoms with Gasteiger partial charge in [0, 0.05) is 0 Å². The molecule has 0 fully saturated rings. The predicted molar refractivity (Wildman–Crippen MR) is 78.9 cm³/mol. The Morgan fingerprint density at radius 3 is 2.29 bits per heavy atom. The zero-order valence-corrected chi connectivity index (χ0v) is 13.4. The molecule has 6 heteroatoms. The minimum absolute atomic E-state index is 0.0639. The van der Waals surface area contributed by atoms with Crippen molar-refractivity contribution in [2.24, 2.45) is 0 Å². The highest BCUT2D eigenvalue weighted by atomic mass is 16.5. The van der Waals surface area contributed by atoms with Crippen LogP contribution in [0.3, 0.4) is 0 Å². The molecule has 21 heavy (non-hydrogen) atoms. The molecule has 1 N–H and O–H groups in total. The Morgan fingerprint density at radius 1 is 1.14 bits per heavy atom. The molecule has 0 saturated carbocycles. The van der Waals surface area contributed by atoms with Crippen molar-refractivity contribution in [2.45, 2.75) is 53.1 Å². The van der Waals surface area contributed by atoms with Gasteiger partial charge in [-0.2, -0.15) is 5.10 Å². The van der Waals surface area contributed by atoms with Crippen molar-refractivity contribution in [2.75, 3.05) is 13.2 Å². The van der Waals surface area contributed by atoms with Crippen molar-refractivity contribution in [1.82, 2.24) is 10.2 Å². The van der Waals surface area contributed by atoms with Gasteiger partial charge in [0.15, 0.2) is 0 Å². The van der Waals surface area contributed by atoms with Crippen molar-refractivity contribution < 1.29 is 19.4 Å². The normalized spacial score (nSPS) is 11.5. The Bertz CT molecular complexity index is 495. The fourth-order valence-corrected chi connectivity index (χ4v) is 1.96. The maximum Gasteiger partial charge on any atom is 0.341 e. The largest absolute Gasteiger partial charge is 0.477 e. The molecule has 0 radical (unpaired) electrons. The van der Waals surface area contributed by atoms with E-state index in [0.29, 0.717) is 30.7 Å². The SMILES string of the molecule is CCc1nnc(OCCOC(C)(C)C)c(C(=O)O)c1CC. The number of aromatic carboxylic acids is 1. The van der Waals surface area contributed by atoms with Gasteiger partial charge in [0.25, 0.3) is 0 Å². The number of carbonyl (C=O) groups is 1. The van der Waals surface area contributed by atoms with Crippen LogP contribution in [0.5, 0.6) is 5.88 Å². The van der Waals surface area contributed by atoms with Crippen LogP contribution in [-0.4, -0.2) is 40.1 Å². The molecular weight excluding hydrogens is 272 g/mol. The standard InChI is InChI=1S/C15H24N2O4/c1-6-10-11(7-2)16-17-13(12(10)14(18)19)20-8-9-21-15(3,4)5/h6-9H2,1-5H3,(H,18,19). The number of nitrogens with zero attached hydrogens (tertiary/aromatic N) is 2. The Labute approximate surface area is 125 Å². The van der Waals surface area contributed by atoms with Gasteiger partial charge in [-0.15, -0.1) is 5.10 Å². The van der Waals surface area contributed by atoms with Crippen LogP contribution in [0.2, 0.25) is 0 Å². The molecule has 1 heterocycles. The number of aromatic nitrogens is 2. The second-order valence-electron chi connectivity index (χ2n) is 5.63. The molecule has 0 bridgehead atoms. The van der Waals surface area contributed by atoms with E-state index >= 15 is 0 Å². The van der Waals surface area contributed by atoms with E-state index < -0.39 is 5.97 Å². The monoisotopic (exact) mass is 296 g/mol. The number of carboxylic acids is 1. The fourth-order valence-electron chi connectivity index (χ4n) is 1.96. The quantitative estimate of drug-likeness (QED) is 0.778. The molecule has 6 nitrogen and oxygen atoms in total. The Kier molecular flexibility index (Phi) is 6.08. The number of rotatable bonds is 7. The summed E-state index contributed by atoms with van der Waals surface area (Å²) in [5, 5.41) is 17.4. The minimum atomic E-state index is -1.04. The molecule has 0 aliphatic carbocycles. The summed E-state index contributed by atoms with van der Waals surface area (Å²) < 4.78 is 11.0. The highest BCUT2D eigenvalue weighted by molar-refractivity contribution is 5.92. The summed E-state index contributed by atoms with van der Waals surface area (Å²) in [5.74, 6) is -0.975. The molecule has 0 amide bonds. The average Bonchev–Trinajstić information content (AvgIpc) is 2.41. The average molecular weight is 296 g/mol. The molecule has 0 aliphatic rings. The first kappa shape index (κ1) is 17.4. The summed E-state index contributed by atoms with van der Waals surface area (Å²) in [6, 6.07) is 0. The molecule has 0 aliphatic heterocycles. The van der Waals surface area contributed by atoms with Crippen molar-refractivity contribution in [1.29, 1.82) is 0 Å². The van der Waals surface area contributed by atoms with E-state index in [-0.39, 0.29) is 23.7 Å². The molecule has 1 rings (SSSR count). The lowest BCUT2D eigenvalue weighted by Crippen LogP contribution is -2.23. The first-order valence-corrected chi connectivity index (χ1v) is 7.18. The second-order valence-corrected chi connectivity index (χ2v) is 5.63. The van der Waals surface area contributed by atoms with E-state index in [1.165, 1.54) is 0 Å². The zero-order valence-electron chi connectivity index (χ0n) is 13.4. The van der Waals surface area contributed by atoms with Crippen molar-refractivity contribution in [3.8, 4) is 5.88 Å². The van der Waals surface area contributed by atoms with Gasteiger partial charge >= 0.3 is 5.97 Å². The van der Waals surface area contributed by atoms with E-state index in [0.717, 1.165) is 0 Å². The third-order valence-corrected chi connectivity index (χ3v) is 2.89. The third-order valence-electron chi connectivity index (χ3n) is 2.89. The molecule has 0 atom stereocenters. The van der Waals surface area contributed by atoms with Gasteiger partial charge in [0.1, 0.15) is 12.2 Å². The minimum Gasteiger partial charge on any atom is -0.477 e. The van der Waals surface area contributed by atoms with E-state index in [4.69, 9.17) is 9.47 Å². The molecule has 0 saturated heterocycles. The van der Waals surface area contributed by atoms with E-state index in [2.05, 4.69) is 10.2 Å². The third kappa shape index (κ3) is 4.97. The first-order chi connectivity index (χ1) is 9.80. The predicted octanol–water partition coefficient (Wildman–Crippen LogP) is 2.49. The van der Waals surface area contributed by atoms with Gasteiger partial charge in [-0.1, -0.05) is 13.8 Å². The first-order valence-electron chi connectivity index (χ1n) is 7.18. The van der Waals surface area contributed by atoms with Crippen molar-refractivity contribution >= 4 is 5.97 Å². The lowest BCUT2D eigenvalue weighted by atomic mass is 10.0. The van der Waals surface area contributed by atoms with Crippen LogP contribution in [0.15, 0.2) is 0 Å². The van der Waals surface area contributed by atoms with Gasteiger partial charge < -0.3 is 14.6 Å². The maximum absolute atomic E-state index is 11.5. The fraction of sp³-hybridized carbons (Fsp3) is 0.667. The molecule has 1 aromatic heterocycles. The molecule has 0 spiro atoms. The zero-order chi connectivity index (χ0) is 16.0. The molecular formula is C15H24N2O4. The van der Waals surface area contributed by atoms with Crippen molar-refractivity contribution in [3.05, 3.63) is 16.8 Å². The van der Waals surface area contributed by atoms with Gasteiger partial charge in [0.2, 0.25) is 5.88 Å². The summed E-state index contributed by atoms with van der Waals surface area (Å²) in [7, 11) is 0. The number of hydrogen-bond acceptors (Lipinski definition) is 5. The van der Waals surface area contributed by atoms with Crippen LogP contribution in [0, 0.1) is 0 Å². The highest BCUT2D eigenvalue weighted by Crippen LogP contribution is 2.22. The van der Waals surface area contributed by atoms with Crippen LogP contribution in [-0.2, 0) is 17.6 Å². The highest BCUT2D eigenvalue weighted by Gasteiger charge is 2.21. The smallest absolute Gasteiger partial charge is 0.341 e. The van der Waals surface area contributed by atoms with Gasteiger partial charge in [-0.05, 0) is 39.2 Å². The molecule has 0 aromatic carbocycles. The summed E-state index contributed by atoms with van der Waals surface area (Å²) in [5.41, 5.74) is 1.24. The van der Waals surface area contributed by atoms with E-state index in [1.54, 1.807) is 0 Å². The Morgan fingerprint density at radius 2 is 1.81 bits per heavy atom. The Balaban J connectivity index is 2.89. The molecule has 1 aromatic rings. The molecule has 0 unspecified atom stereocenters. The Hall–Kier alpha value is -1.69. The number of hydrogen-bond donors (Lipinski definition) is 1. The summed E-state index contributed by atoms with van der Waals surface area (Å²) in [4.78, 5) is 11.5. The van der Waals surface area contributed by atoms with Crippen molar-refractivity contribution in [3.63, 3.8) is 0 Å². The van der Waals surface area contributed by atoms with E-state index in [9.17, 15) is 9.90 Å². The van der Waals surface area contributed by atoms with Crippen LogP contribution in [0.4, 0.5) is 0 Å². The second kappa shape index (κ2) is 7.36. The van der Waals surface area contributed by atoms with Crippen LogP contribution in [0.1, 0.15) is 56.2 Å². The number of aryl methyl sites for hydroxylation is 1. The summed E-state index contributed by atoms with van der Waals surface area (Å²) in [6.07, 6.45) is 1.22. The van der Waals surface area contributed by atoms with Gasteiger partial charge in [0.05, 0.1) is 17.9 Å². The van der Waals surface area contributed by atoms with Gasteiger partial charge in [-0.3, -0.25) is 0 Å². The number of ether oxygens (including phenoxy) is 2. The lowest BCUT2D eigenvalue weighted by molar-refractivity contribution is -0.0171. The number of carboxylic acid groups (broad SMARTS) is 1. The lowest BCUT2D eigenvalue weighted by Gasteiger charge is -2.19. The summed E-state index contributed by atoms with van der Waals surface area (Å²) in [6.45, 7) is 10.3. The van der Waals surface area contributed by atoms with Gasteiger partial charge in [-0.25, -0.2) is 4.79 Å². The van der Waals surface area contributed by atoms with Crippen LogP contribution in [0.25, 0.3) is 0 Å². The van der Waals surface area contributed by atoms with Crippen LogP contribution >= 0.6 is 0 Å². The summed E-state index contributed by atoms with van der Waals surface area (Å²) >= 11 is 0. The molecule has 118 valence electrons. The van der Waals surface area contributed by atoms with Crippen LogP contribution < -0.4 is 4.74 Å².